The van der Waals surface area contributed by atoms with Crippen molar-refractivity contribution in [1.82, 2.24) is 4.90 Å². The molecule has 0 atom stereocenters. The fraction of sp³-hybridized carbons (Fsp3) is 0.875. The van der Waals surface area contributed by atoms with Crippen LogP contribution in [0.25, 0.3) is 0 Å². The molecular weight excluding hydrogens is 254 g/mol. The second-order valence-electron chi connectivity index (χ2n) is 6.48. The number of piperidine rings is 1. The van der Waals surface area contributed by atoms with Crippen LogP contribution in [0.2, 0.25) is 0 Å². The van der Waals surface area contributed by atoms with E-state index in [1.165, 1.54) is 38.5 Å². The van der Waals surface area contributed by atoms with Gasteiger partial charge < -0.3 is 10.0 Å². The molecule has 0 aromatic rings. The molecule has 4 heteroatoms. The molecule has 0 spiro atoms. The van der Waals surface area contributed by atoms with Crippen molar-refractivity contribution >= 4 is 11.9 Å². The second kappa shape index (κ2) is 7.65. The molecule has 1 saturated carbocycles. The van der Waals surface area contributed by atoms with Gasteiger partial charge in [-0.05, 0) is 37.5 Å². The van der Waals surface area contributed by atoms with Gasteiger partial charge in [0.2, 0.25) is 5.91 Å². The third-order valence-electron chi connectivity index (χ3n) is 4.87. The van der Waals surface area contributed by atoms with Gasteiger partial charge in [0.05, 0.1) is 0 Å². The Balaban J connectivity index is 1.72. The van der Waals surface area contributed by atoms with Crippen LogP contribution in [0.3, 0.4) is 0 Å². The van der Waals surface area contributed by atoms with Crippen LogP contribution in [0.5, 0.6) is 0 Å². The molecule has 0 aromatic heterocycles. The minimum Gasteiger partial charge on any atom is -0.481 e. The van der Waals surface area contributed by atoms with Crippen LogP contribution in [-0.4, -0.2) is 35.0 Å². The smallest absolute Gasteiger partial charge is 0.303 e. The molecule has 1 aliphatic heterocycles. The lowest BCUT2D eigenvalue weighted by molar-refractivity contribution is -0.138. The fourth-order valence-electron chi connectivity index (χ4n) is 3.58. The lowest BCUT2D eigenvalue weighted by Crippen LogP contribution is -2.39. The Morgan fingerprint density at radius 2 is 1.40 bits per heavy atom. The maximum atomic E-state index is 12.3. The summed E-state index contributed by atoms with van der Waals surface area (Å²) >= 11 is 0. The molecule has 1 saturated heterocycles. The third kappa shape index (κ3) is 4.80. The van der Waals surface area contributed by atoms with E-state index in [2.05, 4.69) is 0 Å². The number of carbonyl (C=O) groups excluding carboxylic acids is 1. The Morgan fingerprint density at radius 3 is 1.95 bits per heavy atom. The van der Waals surface area contributed by atoms with Crippen LogP contribution in [0.15, 0.2) is 0 Å². The summed E-state index contributed by atoms with van der Waals surface area (Å²) in [6, 6.07) is 0. The van der Waals surface area contributed by atoms with Crippen molar-refractivity contribution in [2.24, 2.45) is 11.8 Å². The molecule has 0 radical (unpaired) electrons. The number of aliphatic carboxylic acids is 1. The number of rotatable bonds is 4. The van der Waals surface area contributed by atoms with Crippen molar-refractivity contribution < 1.29 is 14.7 Å². The number of carboxylic acid groups (broad SMARTS) is 1. The number of carbonyl (C=O) groups is 2. The first-order chi connectivity index (χ1) is 9.65. The molecule has 0 bridgehead atoms. The normalized spacial score (nSPS) is 22.5. The van der Waals surface area contributed by atoms with Crippen molar-refractivity contribution in [3.63, 3.8) is 0 Å². The van der Waals surface area contributed by atoms with Gasteiger partial charge in [-0.3, -0.25) is 9.59 Å². The zero-order chi connectivity index (χ0) is 14.4. The zero-order valence-corrected chi connectivity index (χ0v) is 12.4. The van der Waals surface area contributed by atoms with Gasteiger partial charge in [0.15, 0.2) is 0 Å². The lowest BCUT2D eigenvalue weighted by Gasteiger charge is -2.32. The highest BCUT2D eigenvalue weighted by Gasteiger charge is 2.26. The van der Waals surface area contributed by atoms with Crippen LogP contribution in [0, 0.1) is 11.8 Å². The Kier molecular flexibility index (Phi) is 5.86. The minimum atomic E-state index is -0.715. The highest BCUT2D eigenvalue weighted by molar-refractivity contribution is 5.76. The lowest BCUT2D eigenvalue weighted by atomic mass is 9.92. The highest BCUT2D eigenvalue weighted by atomic mass is 16.4. The first-order valence-electron chi connectivity index (χ1n) is 8.14. The number of amides is 1. The summed E-state index contributed by atoms with van der Waals surface area (Å²) in [6.45, 7) is 1.51. The van der Waals surface area contributed by atoms with Crippen molar-refractivity contribution in [3.05, 3.63) is 0 Å². The van der Waals surface area contributed by atoms with Crippen LogP contribution in [-0.2, 0) is 9.59 Å². The van der Waals surface area contributed by atoms with E-state index in [9.17, 15) is 9.59 Å². The summed E-state index contributed by atoms with van der Waals surface area (Å²) in [5, 5.41) is 8.80. The summed E-state index contributed by atoms with van der Waals surface area (Å²) in [5.41, 5.74) is 0. The summed E-state index contributed by atoms with van der Waals surface area (Å²) in [7, 11) is 0. The zero-order valence-electron chi connectivity index (χ0n) is 12.4. The van der Waals surface area contributed by atoms with Gasteiger partial charge in [-0.15, -0.1) is 0 Å². The van der Waals surface area contributed by atoms with E-state index in [4.69, 9.17) is 5.11 Å². The predicted octanol–water partition coefficient (Wildman–Crippen LogP) is 3.06. The van der Waals surface area contributed by atoms with Crippen LogP contribution in [0.4, 0.5) is 0 Å². The topological polar surface area (TPSA) is 57.6 Å². The van der Waals surface area contributed by atoms with Gasteiger partial charge in [0.1, 0.15) is 0 Å². The van der Waals surface area contributed by atoms with E-state index in [0.29, 0.717) is 18.2 Å². The average molecular weight is 281 g/mol. The van der Waals surface area contributed by atoms with E-state index >= 15 is 0 Å². The van der Waals surface area contributed by atoms with E-state index in [1.54, 1.807) is 0 Å². The summed E-state index contributed by atoms with van der Waals surface area (Å²) < 4.78 is 0. The molecule has 20 heavy (non-hydrogen) atoms. The molecule has 2 rings (SSSR count). The molecule has 1 amide bonds. The summed E-state index contributed by atoms with van der Waals surface area (Å²) in [4.78, 5) is 25.0. The second-order valence-corrected chi connectivity index (χ2v) is 6.48. The van der Waals surface area contributed by atoms with Crippen molar-refractivity contribution in [2.75, 3.05) is 13.1 Å². The number of nitrogens with zero attached hydrogens (tertiary/aromatic N) is 1. The third-order valence-corrected chi connectivity index (χ3v) is 4.87. The number of hydrogen-bond acceptors (Lipinski definition) is 2. The average Bonchev–Trinajstić information content (AvgIpc) is 2.67. The highest BCUT2D eigenvalue weighted by Crippen LogP contribution is 2.27. The Morgan fingerprint density at radius 1 is 0.850 bits per heavy atom. The van der Waals surface area contributed by atoms with E-state index in [1.807, 2.05) is 4.90 Å². The largest absolute Gasteiger partial charge is 0.481 e. The first kappa shape index (κ1) is 15.3. The van der Waals surface area contributed by atoms with E-state index in [-0.39, 0.29) is 12.3 Å². The fourth-order valence-corrected chi connectivity index (χ4v) is 3.58. The van der Waals surface area contributed by atoms with Gasteiger partial charge in [-0.25, -0.2) is 0 Å². The quantitative estimate of drug-likeness (QED) is 0.806. The minimum absolute atomic E-state index is 0.255. The van der Waals surface area contributed by atoms with E-state index in [0.717, 1.165) is 25.9 Å². The molecule has 2 aliphatic rings. The molecule has 2 fully saturated rings. The van der Waals surface area contributed by atoms with Crippen LogP contribution in [0.1, 0.15) is 64.2 Å². The SMILES string of the molecule is O=C(O)CC1CCN(C(=O)CC2CCCCCC2)CC1. The summed E-state index contributed by atoms with van der Waals surface area (Å²) in [6.07, 6.45) is 10.3. The van der Waals surface area contributed by atoms with Crippen molar-refractivity contribution in [1.29, 1.82) is 0 Å². The van der Waals surface area contributed by atoms with Gasteiger partial charge in [0, 0.05) is 25.9 Å². The van der Waals surface area contributed by atoms with Gasteiger partial charge in [-0.2, -0.15) is 0 Å². The molecule has 0 unspecified atom stereocenters. The predicted molar refractivity (Wildman–Crippen MR) is 77.4 cm³/mol. The first-order valence-corrected chi connectivity index (χ1v) is 8.14. The van der Waals surface area contributed by atoms with Crippen LogP contribution >= 0.6 is 0 Å². The molecule has 4 nitrogen and oxygen atoms in total. The molecule has 1 heterocycles. The Labute approximate surface area is 121 Å². The van der Waals surface area contributed by atoms with Gasteiger partial charge in [0.25, 0.3) is 0 Å². The van der Waals surface area contributed by atoms with Gasteiger partial charge in [-0.1, -0.05) is 25.7 Å². The monoisotopic (exact) mass is 281 g/mol. The summed E-state index contributed by atoms with van der Waals surface area (Å²) in [5.74, 6) is 0.426. The number of hydrogen-bond donors (Lipinski definition) is 1. The molecular formula is C16H27NO3. The Hall–Kier alpha value is -1.06. The molecule has 114 valence electrons. The molecule has 1 aliphatic carbocycles. The van der Waals surface area contributed by atoms with Crippen molar-refractivity contribution in [3.8, 4) is 0 Å². The van der Waals surface area contributed by atoms with Gasteiger partial charge >= 0.3 is 5.97 Å². The maximum Gasteiger partial charge on any atom is 0.303 e. The maximum absolute atomic E-state index is 12.3. The molecule has 1 N–H and O–H groups in total. The van der Waals surface area contributed by atoms with Crippen LogP contribution < -0.4 is 0 Å². The van der Waals surface area contributed by atoms with E-state index < -0.39 is 5.97 Å². The number of likely N-dealkylation sites (tertiary alicyclic amines) is 1. The standard InChI is InChI=1S/C16H27NO3/c18-15(11-13-5-3-1-2-4-6-13)17-9-7-14(8-10-17)12-16(19)20/h13-14H,1-12H2,(H,19,20). The number of carboxylic acids is 1. The Bertz CT molecular complexity index is 327. The van der Waals surface area contributed by atoms with Crippen molar-refractivity contribution in [2.45, 2.75) is 64.2 Å². The molecule has 0 aromatic carbocycles.